The predicted molar refractivity (Wildman–Crippen MR) is 132 cm³/mol. The molecule has 3 N–H and O–H groups in total. The lowest BCUT2D eigenvalue weighted by Crippen LogP contribution is -2.52. The number of nitrogens with zero attached hydrogens (tertiary/aromatic N) is 2. The molecule has 2 aliphatic rings. The second-order valence-electron chi connectivity index (χ2n) is 8.67. The Labute approximate surface area is 203 Å². The van der Waals surface area contributed by atoms with E-state index >= 15 is 4.39 Å². The first-order valence-electron chi connectivity index (χ1n) is 11.2. The number of ether oxygens (including phenoxy) is 1. The van der Waals surface area contributed by atoms with Gasteiger partial charge in [0.05, 0.1) is 13.3 Å². The lowest BCUT2D eigenvalue weighted by atomic mass is 9.88. The van der Waals surface area contributed by atoms with Crippen LogP contribution in [0.25, 0.3) is 0 Å². The average molecular weight is 485 g/mol. The van der Waals surface area contributed by atoms with Crippen molar-refractivity contribution < 1.29 is 19.0 Å². The van der Waals surface area contributed by atoms with Crippen molar-refractivity contribution >= 4 is 29.8 Å². The maximum atomic E-state index is 15.1. The normalized spacial score (nSPS) is 20.8. The molecule has 1 heterocycles. The van der Waals surface area contributed by atoms with Crippen LogP contribution in [0, 0.1) is 5.41 Å². The van der Waals surface area contributed by atoms with Gasteiger partial charge in [0, 0.05) is 36.1 Å². The van der Waals surface area contributed by atoms with Gasteiger partial charge >= 0.3 is 0 Å². The lowest BCUT2D eigenvalue weighted by Gasteiger charge is -2.44. The van der Waals surface area contributed by atoms with Gasteiger partial charge in [0.25, 0.3) is 5.91 Å². The standard InChI is InChI=1S/C25H29FN4O3S/c1-16(2)34-30-14-29(15-30)22(13-27)24(25(32)28-19-8-5-9-20(31)12-19)33-23-11-18-7-4-3-6-17(18)10-21(23)26/h3-9,12-13,16,21,23,27,31H,10-11,14-15H2,1-2H3,(H,28,32)/b24-22-,27-13?. The van der Waals surface area contributed by atoms with Crippen LogP contribution in [0.15, 0.2) is 60.0 Å². The number of phenols is 1. The lowest BCUT2D eigenvalue weighted by molar-refractivity contribution is -0.118. The number of phenolic OH excluding ortho intramolecular Hbond substituents is 1. The number of anilines is 1. The van der Waals surface area contributed by atoms with Crippen LogP contribution in [0.4, 0.5) is 10.1 Å². The van der Waals surface area contributed by atoms with Crippen LogP contribution in [-0.2, 0) is 22.4 Å². The topological polar surface area (TPSA) is 88.9 Å². The van der Waals surface area contributed by atoms with Gasteiger partial charge < -0.3 is 25.5 Å². The number of rotatable bonds is 8. The van der Waals surface area contributed by atoms with E-state index in [1.807, 2.05) is 29.2 Å². The third-order valence-corrected chi connectivity index (χ3v) is 6.61. The van der Waals surface area contributed by atoms with Crippen molar-refractivity contribution in [3.63, 3.8) is 0 Å². The van der Waals surface area contributed by atoms with E-state index in [0.29, 0.717) is 36.4 Å². The largest absolute Gasteiger partial charge is 0.508 e. The van der Waals surface area contributed by atoms with Crippen LogP contribution >= 0.6 is 11.9 Å². The summed E-state index contributed by atoms with van der Waals surface area (Å²) < 4.78 is 23.3. The Bertz CT molecular complexity index is 1090. The smallest absolute Gasteiger partial charge is 0.293 e. The quantitative estimate of drug-likeness (QED) is 0.224. The van der Waals surface area contributed by atoms with E-state index in [1.54, 1.807) is 24.1 Å². The zero-order valence-corrected chi connectivity index (χ0v) is 20.0. The fourth-order valence-electron chi connectivity index (χ4n) is 4.07. The van der Waals surface area contributed by atoms with Gasteiger partial charge in [0.15, 0.2) is 0 Å². The highest BCUT2D eigenvalue weighted by Crippen LogP contribution is 2.31. The summed E-state index contributed by atoms with van der Waals surface area (Å²) in [4.78, 5) is 15.2. The van der Waals surface area contributed by atoms with Crippen LogP contribution in [0.1, 0.15) is 25.0 Å². The molecular formula is C25H29FN4O3S. The Kier molecular flexibility index (Phi) is 7.43. The summed E-state index contributed by atoms with van der Waals surface area (Å²) in [6.45, 7) is 5.24. The van der Waals surface area contributed by atoms with Crippen molar-refractivity contribution in [3.05, 3.63) is 71.1 Å². The Hall–Kier alpha value is -3.04. The summed E-state index contributed by atoms with van der Waals surface area (Å²) >= 11 is 1.69. The van der Waals surface area contributed by atoms with Crippen LogP contribution in [0.3, 0.4) is 0 Å². The van der Waals surface area contributed by atoms with Crippen molar-refractivity contribution in [2.45, 2.75) is 44.2 Å². The number of hydrogen-bond donors (Lipinski definition) is 3. The highest BCUT2D eigenvalue weighted by atomic mass is 32.2. The van der Waals surface area contributed by atoms with Gasteiger partial charge in [0.2, 0.25) is 5.76 Å². The fourth-order valence-corrected chi connectivity index (χ4v) is 5.08. The molecule has 34 heavy (non-hydrogen) atoms. The molecule has 2 aromatic carbocycles. The Balaban J connectivity index is 1.60. The van der Waals surface area contributed by atoms with Gasteiger partial charge in [-0.3, -0.25) is 4.79 Å². The molecule has 1 amide bonds. The number of halogens is 1. The SMILES string of the molecule is CC(C)SN1CN(/C(C=N)=C(\OC2Cc3ccccc3CC2F)C(=O)Nc2cccc(O)c2)C1. The van der Waals surface area contributed by atoms with Gasteiger partial charge in [0.1, 0.15) is 23.7 Å². The molecule has 4 rings (SSSR count). The molecule has 0 saturated carbocycles. The highest BCUT2D eigenvalue weighted by molar-refractivity contribution is 7.97. The molecule has 2 aromatic rings. The molecular weight excluding hydrogens is 455 g/mol. The molecule has 2 unspecified atom stereocenters. The van der Waals surface area contributed by atoms with E-state index in [-0.39, 0.29) is 17.9 Å². The molecule has 1 saturated heterocycles. The molecule has 1 aliphatic carbocycles. The summed E-state index contributed by atoms with van der Waals surface area (Å²) in [5, 5.41) is 20.9. The zero-order valence-electron chi connectivity index (χ0n) is 19.2. The Morgan fingerprint density at radius 3 is 2.56 bits per heavy atom. The van der Waals surface area contributed by atoms with Crippen LogP contribution in [0.5, 0.6) is 5.75 Å². The minimum absolute atomic E-state index is 0.00771. The number of carbonyl (C=O) groups excluding carboxylic acids is 1. The summed E-state index contributed by atoms with van der Waals surface area (Å²) in [6, 6.07) is 13.8. The number of amides is 1. The van der Waals surface area contributed by atoms with Crippen molar-refractivity contribution in [2.24, 2.45) is 0 Å². The number of carbonyl (C=O) groups is 1. The fraction of sp³-hybridized carbons (Fsp3) is 0.360. The first-order valence-corrected chi connectivity index (χ1v) is 12.1. The van der Waals surface area contributed by atoms with E-state index in [0.717, 1.165) is 17.3 Å². The third-order valence-electron chi connectivity index (χ3n) is 5.66. The molecule has 180 valence electrons. The van der Waals surface area contributed by atoms with Crippen molar-refractivity contribution in [1.29, 1.82) is 5.41 Å². The van der Waals surface area contributed by atoms with E-state index in [4.69, 9.17) is 10.1 Å². The van der Waals surface area contributed by atoms with Crippen molar-refractivity contribution in [3.8, 4) is 5.75 Å². The van der Waals surface area contributed by atoms with E-state index in [2.05, 4.69) is 23.5 Å². The van der Waals surface area contributed by atoms with Crippen LogP contribution in [-0.4, -0.2) is 57.3 Å². The third kappa shape index (κ3) is 5.53. The first kappa shape index (κ1) is 24.1. The van der Waals surface area contributed by atoms with Gasteiger partial charge in [-0.15, -0.1) is 0 Å². The number of fused-ring (bicyclic) bond motifs is 1. The van der Waals surface area contributed by atoms with Gasteiger partial charge in [-0.2, -0.15) is 0 Å². The average Bonchev–Trinajstić information content (AvgIpc) is 2.77. The molecule has 9 heteroatoms. The number of aromatic hydroxyl groups is 1. The monoisotopic (exact) mass is 484 g/mol. The Morgan fingerprint density at radius 1 is 1.21 bits per heavy atom. The summed E-state index contributed by atoms with van der Waals surface area (Å²) in [5.74, 6) is -0.682. The number of hydrogen-bond acceptors (Lipinski definition) is 7. The van der Waals surface area contributed by atoms with E-state index in [1.165, 1.54) is 12.1 Å². The zero-order chi connectivity index (χ0) is 24.2. The maximum absolute atomic E-state index is 15.1. The maximum Gasteiger partial charge on any atom is 0.293 e. The molecule has 0 aromatic heterocycles. The molecule has 0 radical (unpaired) electrons. The Morgan fingerprint density at radius 2 is 1.91 bits per heavy atom. The van der Waals surface area contributed by atoms with E-state index in [9.17, 15) is 9.90 Å². The molecule has 0 spiro atoms. The van der Waals surface area contributed by atoms with E-state index < -0.39 is 18.2 Å². The van der Waals surface area contributed by atoms with Crippen molar-refractivity contribution in [1.82, 2.24) is 9.21 Å². The second-order valence-corrected chi connectivity index (χ2v) is 10.3. The van der Waals surface area contributed by atoms with Gasteiger partial charge in [-0.05, 0) is 23.3 Å². The predicted octanol–water partition coefficient (Wildman–Crippen LogP) is 4.30. The van der Waals surface area contributed by atoms with Gasteiger partial charge in [-0.1, -0.05) is 56.1 Å². The van der Waals surface area contributed by atoms with Crippen LogP contribution in [0.2, 0.25) is 0 Å². The number of nitrogens with one attached hydrogen (secondary N) is 2. The highest BCUT2D eigenvalue weighted by Gasteiger charge is 2.35. The van der Waals surface area contributed by atoms with Crippen LogP contribution < -0.4 is 5.32 Å². The molecule has 7 nitrogen and oxygen atoms in total. The summed E-state index contributed by atoms with van der Waals surface area (Å²) in [7, 11) is 0. The molecule has 2 atom stereocenters. The first-order chi connectivity index (χ1) is 16.3. The number of benzene rings is 2. The second kappa shape index (κ2) is 10.5. The van der Waals surface area contributed by atoms with Crippen molar-refractivity contribution in [2.75, 3.05) is 18.7 Å². The minimum Gasteiger partial charge on any atom is -0.508 e. The van der Waals surface area contributed by atoms with Gasteiger partial charge in [-0.25, -0.2) is 8.70 Å². The number of allylic oxidation sites excluding steroid dienone is 1. The summed E-state index contributed by atoms with van der Waals surface area (Å²) in [5.41, 5.74) is 2.61. The summed E-state index contributed by atoms with van der Waals surface area (Å²) in [6.07, 6.45) is -0.503. The molecule has 0 bridgehead atoms. The minimum atomic E-state index is -1.28. The number of alkyl halides is 1. The molecule has 1 aliphatic heterocycles. The molecule has 1 fully saturated rings.